The van der Waals surface area contributed by atoms with Gasteiger partial charge in [-0.2, -0.15) is 4.98 Å². The summed E-state index contributed by atoms with van der Waals surface area (Å²) in [6.45, 7) is 10.8. The minimum Gasteiger partial charge on any atom is -0.372 e. The largest absolute Gasteiger partial charge is 0.372 e. The fourth-order valence-electron chi connectivity index (χ4n) is 4.59. The Labute approximate surface area is 185 Å². The summed E-state index contributed by atoms with van der Waals surface area (Å²) in [5, 5.41) is 6.90. The third-order valence-corrected chi connectivity index (χ3v) is 6.57. The van der Waals surface area contributed by atoms with Gasteiger partial charge in [0.1, 0.15) is 0 Å². The van der Waals surface area contributed by atoms with E-state index in [1.165, 1.54) is 37.9 Å². The van der Waals surface area contributed by atoms with E-state index >= 15 is 0 Å². The number of piperidine rings is 2. The van der Waals surface area contributed by atoms with Crippen molar-refractivity contribution in [2.45, 2.75) is 46.0 Å². The van der Waals surface area contributed by atoms with Crippen LogP contribution in [0, 0.1) is 11.8 Å². The zero-order valence-corrected chi connectivity index (χ0v) is 18.8. The third-order valence-electron chi connectivity index (χ3n) is 6.57. The molecule has 7 nitrogen and oxygen atoms in total. The van der Waals surface area contributed by atoms with Crippen LogP contribution in [-0.2, 0) is 0 Å². The minimum absolute atomic E-state index is 0.0238. The molecule has 0 bridgehead atoms. The Balaban J connectivity index is 1.25. The summed E-state index contributed by atoms with van der Waals surface area (Å²) in [4.78, 5) is 21.6. The maximum absolute atomic E-state index is 12.4. The molecule has 2 fully saturated rings. The van der Waals surface area contributed by atoms with Gasteiger partial charge in [-0.3, -0.25) is 4.79 Å². The molecule has 31 heavy (non-hydrogen) atoms. The first-order valence-corrected chi connectivity index (χ1v) is 11.8. The number of rotatable bonds is 7. The molecule has 0 spiro atoms. The van der Waals surface area contributed by atoms with Gasteiger partial charge in [0.2, 0.25) is 5.82 Å². The molecule has 3 heterocycles. The maximum atomic E-state index is 12.4. The molecular weight excluding hydrogens is 390 g/mol. The first-order chi connectivity index (χ1) is 15.1. The molecule has 1 amide bonds. The van der Waals surface area contributed by atoms with E-state index < -0.39 is 0 Å². The highest BCUT2D eigenvalue weighted by Gasteiger charge is 2.19. The molecule has 0 aliphatic carbocycles. The number of benzene rings is 1. The second-order valence-electron chi connectivity index (χ2n) is 9.30. The highest BCUT2D eigenvalue weighted by atomic mass is 16.5. The van der Waals surface area contributed by atoms with Crippen molar-refractivity contribution in [3.05, 3.63) is 30.2 Å². The number of carbonyl (C=O) groups is 1. The van der Waals surface area contributed by atoms with Crippen molar-refractivity contribution in [1.29, 1.82) is 0 Å². The molecule has 1 aromatic heterocycles. The average molecular weight is 426 g/mol. The van der Waals surface area contributed by atoms with Crippen LogP contribution in [0.3, 0.4) is 0 Å². The Bertz CT molecular complexity index is 842. The molecule has 0 radical (unpaired) electrons. The standard InChI is InChI=1S/C24H35N5O2/c1-18-10-15-29(16-11-18)21-8-6-20(7-9-21)22-26-24(31-27-22)23(30)25-12-4-14-28-13-3-5-19(2)17-28/h6-9,18-19H,3-5,10-17H2,1-2H3,(H,25,30). The van der Waals surface area contributed by atoms with Crippen molar-refractivity contribution < 1.29 is 9.32 Å². The van der Waals surface area contributed by atoms with E-state index in [2.05, 4.69) is 51.2 Å². The summed E-state index contributed by atoms with van der Waals surface area (Å²) in [6.07, 6.45) is 6.00. The number of aromatic nitrogens is 2. The number of likely N-dealkylation sites (tertiary alicyclic amines) is 1. The molecule has 1 aromatic carbocycles. The number of nitrogens with zero attached hydrogens (tertiary/aromatic N) is 4. The van der Waals surface area contributed by atoms with Crippen LogP contribution in [0.5, 0.6) is 0 Å². The van der Waals surface area contributed by atoms with Crippen LogP contribution < -0.4 is 10.2 Å². The summed E-state index contributed by atoms with van der Waals surface area (Å²) in [6, 6.07) is 8.20. The van der Waals surface area contributed by atoms with Crippen molar-refractivity contribution in [2.75, 3.05) is 44.2 Å². The lowest BCUT2D eigenvalue weighted by Crippen LogP contribution is -2.36. The SMILES string of the molecule is CC1CCN(c2ccc(-c3noc(C(=O)NCCCN4CCCC(C)C4)n3)cc2)CC1. The second kappa shape index (κ2) is 10.3. The second-order valence-corrected chi connectivity index (χ2v) is 9.30. The van der Waals surface area contributed by atoms with E-state index in [0.717, 1.165) is 50.0 Å². The van der Waals surface area contributed by atoms with Crippen LogP contribution in [0.15, 0.2) is 28.8 Å². The van der Waals surface area contributed by atoms with E-state index in [-0.39, 0.29) is 11.8 Å². The molecule has 1 atom stereocenters. The quantitative estimate of drug-likeness (QED) is 0.680. The number of hydrogen-bond acceptors (Lipinski definition) is 6. The van der Waals surface area contributed by atoms with E-state index in [1.54, 1.807) is 0 Å². The molecule has 4 rings (SSSR count). The number of amides is 1. The normalized spacial score (nSPS) is 20.7. The Morgan fingerprint density at radius 3 is 2.61 bits per heavy atom. The van der Waals surface area contributed by atoms with E-state index in [1.807, 2.05) is 12.1 Å². The van der Waals surface area contributed by atoms with Gasteiger partial charge in [-0.25, -0.2) is 0 Å². The molecule has 2 aliphatic heterocycles. The molecule has 1 N–H and O–H groups in total. The Morgan fingerprint density at radius 1 is 1.10 bits per heavy atom. The van der Waals surface area contributed by atoms with E-state index in [9.17, 15) is 4.79 Å². The first-order valence-electron chi connectivity index (χ1n) is 11.8. The zero-order chi connectivity index (χ0) is 21.6. The summed E-state index contributed by atoms with van der Waals surface area (Å²) < 4.78 is 5.21. The van der Waals surface area contributed by atoms with Crippen LogP contribution in [0.2, 0.25) is 0 Å². The van der Waals surface area contributed by atoms with Gasteiger partial charge >= 0.3 is 11.8 Å². The molecule has 168 valence electrons. The fraction of sp³-hybridized carbons (Fsp3) is 0.625. The van der Waals surface area contributed by atoms with Gasteiger partial charge in [0, 0.05) is 37.4 Å². The Hall–Kier alpha value is -2.41. The number of nitrogens with one attached hydrogen (secondary N) is 1. The minimum atomic E-state index is -0.301. The van der Waals surface area contributed by atoms with Gasteiger partial charge < -0.3 is 19.6 Å². The van der Waals surface area contributed by atoms with Crippen LogP contribution in [0.1, 0.15) is 56.6 Å². The van der Waals surface area contributed by atoms with Crippen LogP contribution in [-0.4, -0.2) is 60.2 Å². The van der Waals surface area contributed by atoms with Gasteiger partial charge in [0.15, 0.2) is 0 Å². The van der Waals surface area contributed by atoms with Gasteiger partial charge in [0.05, 0.1) is 0 Å². The number of hydrogen-bond donors (Lipinski definition) is 1. The van der Waals surface area contributed by atoms with Crippen molar-refractivity contribution >= 4 is 11.6 Å². The maximum Gasteiger partial charge on any atom is 0.316 e. The van der Waals surface area contributed by atoms with Gasteiger partial charge in [-0.1, -0.05) is 19.0 Å². The van der Waals surface area contributed by atoms with Crippen molar-refractivity contribution in [2.24, 2.45) is 11.8 Å². The molecule has 2 aromatic rings. The van der Waals surface area contributed by atoms with Crippen molar-refractivity contribution in [1.82, 2.24) is 20.4 Å². The van der Waals surface area contributed by atoms with Crippen LogP contribution in [0.4, 0.5) is 5.69 Å². The van der Waals surface area contributed by atoms with E-state index in [0.29, 0.717) is 12.4 Å². The summed E-state index contributed by atoms with van der Waals surface area (Å²) in [7, 11) is 0. The lowest BCUT2D eigenvalue weighted by Gasteiger charge is -2.32. The highest BCUT2D eigenvalue weighted by molar-refractivity contribution is 5.89. The molecule has 7 heteroatoms. The third kappa shape index (κ3) is 5.85. The van der Waals surface area contributed by atoms with Crippen molar-refractivity contribution in [3.8, 4) is 11.4 Å². The summed E-state index contributed by atoms with van der Waals surface area (Å²) in [5.74, 6) is 1.76. The molecule has 2 saturated heterocycles. The number of carbonyl (C=O) groups excluding carboxylic acids is 1. The zero-order valence-electron chi connectivity index (χ0n) is 18.8. The summed E-state index contributed by atoms with van der Waals surface area (Å²) in [5.41, 5.74) is 2.08. The van der Waals surface area contributed by atoms with Gasteiger partial charge in [0.25, 0.3) is 0 Å². The predicted molar refractivity (Wildman–Crippen MR) is 122 cm³/mol. The molecular formula is C24H35N5O2. The smallest absolute Gasteiger partial charge is 0.316 e. The van der Waals surface area contributed by atoms with Crippen molar-refractivity contribution in [3.63, 3.8) is 0 Å². The lowest BCUT2D eigenvalue weighted by atomic mass is 9.98. The van der Waals surface area contributed by atoms with E-state index in [4.69, 9.17) is 4.52 Å². The molecule has 1 unspecified atom stereocenters. The summed E-state index contributed by atoms with van der Waals surface area (Å²) >= 11 is 0. The lowest BCUT2D eigenvalue weighted by molar-refractivity contribution is 0.0906. The Morgan fingerprint density at radius 2 is 1.87 bits per heavy atom. The van der Waals surface area contributed by atoms with Crippen LogP contribution in [0.25, 0.3) is 11.4 Å². The highest BCUT2D eigenvalue weighted by Crippen LogP contribution is 2.25. The number of anilines is 1. The molecule has 0 saturated carbocycles. The van der Waals surface area contributed by atoms with Crippen LogP contribution >= 0.6 is 0 Å². The fourth-order valence-corrected chi connectivity index (χ4v) is 4.59. The topological polar surface area (TPSA) is 74.5 Å². The van der Waals surface area contributed by atoms with Gasteiger partial charge in [-0.15, -0.1) is 0 Å². The predicted octanol–water partition coefficient (Wildman–Crippen LogP) is 3.82. The first kappa shape index (κ1) is 21.8. The van der Waals surface area contributed by atoms with Gasteiger partial charge in [-0.05, 0) is 81.3 Å². The molecule has 2 aliphatic rings. The average Bonchev–Trinajstić information content (AvgIpc) is 3.28. The Kier molecular flexibility index (Phi) is 7.22. The monoisotopic (exact) mass is 425 g/mol.